The molecule has 0 saturated heterocycles. The van der Waals surface area contributed by atoms with Crippen LogP contribution in [0.1, 0.15) is 31.0 Å². The Kier molecular flexibility index (Phi) is 3.80. The van der Waals surface area contributed by atoms with Crippen molar-refractivity contribution in [3.8, 4) is 0 Å². The van der Waals surface area contributed by atoms with Gasteiger partial charge in [-0.1, -0.05) is 29.8 Å². The summed E-state index contributed by atoms with van der Waals surface area (Å²) in [5, 5.41) is 6.10. The van der Waals surface area contributed by atoms with Gasteiger partial charge in [0, 0.05) is 14.1 Å². The van der Waals surface area contributed by atoms with Crippen LogP contribution in [0, 0.1) is 6.92 Å². The lowest BCUT2D eigenvalue weighted by Gasteiger charge is -2.26. The number of aromatic nitrogens is 4. The second kappa shape index (κ2) is 5.94. The van der Waals surface area contributed by atoms with Crippen molar-refractivity contribution in [3.63, 3.8) is 0 Å². The minimum atomic E-state index is -0.377. The zero-order chi connectivity index (χ0) is 19.5. The summed E-state index contributed by atoms with van der Waals surface area (Å²) < 4.78 is 4.58. The molecule has 1 atom stereocenters. The van der Waals surface area contributed by atoms with Gasteiger partial charge >= 0.3 is 5.69 Å². The highest BCUT2D eigenvalue weighted by molar-refractivity contribution is 5.90. The predicted molar refractivity (Wildman–Crippen MR) is 106 cm³/mol. The normalized spacial score (nSPS) is 16.6. The Hall–Kier alpha value is -3.16. The molecule has 2 aromatic heterocycles. The third kappa shape index (κ3) is 2.51. The van der Waals surface area contributed by atoms with E-state index in [9.17, 15) is 9.59 Å². The number of benzene rings is 1. The fourth-order valence-electron chi connectivity index (χ4n) is 3.61. The van der Waals surface area contributed by atoms with E-state index in [2.05, 4.69) is 10.1 Å². The van der Waals surface area contributed by atoms with E-state index < -0.39 is 0 Å². The smallest absolute Gasteiger partial charge is 0.294 e. The molecular weight excluding hydrogens is 344 g/mol. The van der Waals surface area contributed by atoms with Crippen LogP contribution < -0.4 is 16.3 Å². The van der Waals surface area contributed by atoms with E-state index in [1.54, 1.807) is 19.1 Å². The number of hydrogen-bond acceptors (Lipinski definition) is 5. The van der Waals surface area contributed by atoms with Crippen molar-refractivity contribution >= 4 is 22.8 Å². The summed E-state index contributed by atoms with van der Waals surface area (Å²) in [4.78, 5) is 30.7. The average molecular weight is 366 g/mol. The van der Waals surface area contributed by atoms with Crippen molar-refractivity contribution in [1.29, 1.82) is 0 Å². The zero-order valence-electron chi connectivity index (χ0n) is 16.1. The molecule has 0 aliphatic carbocycles. The highest BCUT2D eigenvalue weighted by atomic mass is 16.2. The van der Waals surface area contributed by atoms with Crippen molar-refractivity contribution in [2.45, 2.75) is 33.4 Å². The quantitative estimate of drug-likeness (QED) is 0.691. The van der Waals surface area contributed by atoms with Gasteiger partial charge in [-0.2, -0.15) is 10.1 Å². The van der Waals surface area contributed by atoms with E-state index >= 15 is 0 Å². The number of hydrazone groups is 1. The molecule has 0 N–H and O–H groups in total. The van der Waals surface area contributed by atoms with Gasteiger partial charge in [0.05, 0.1) is 18.3 Å². The Balaban J connectivity index is 2.01. The molecule has 4 rings (SSSR count). The second-order valence-corrected chi connectivity index (χ2v) is 7.12. The molecule has 0 amide bonds. The number of rotatable bonds is 2. The second-order valence-electron chi connectivity index (χ2n) is 7.12. The first kappa shape index (κ1) is 17.3. The molecule has 0 unspecified atom stereocenters. The van der Waals surface area contributed by atoms with E-state index in [4.69, 9.17) is 0 Å². The fourth-order valence-corrected chi connectivity index (χ4v) is 3.61. The highest BCUT2D eigenvalue weighted by Gasteiger charge is 2.29. The Morgan fingerprint density at radius 3 is 2.59 bits per heavy atom. The van der Waals surface area contributed by atoms with Gasteiger partial charge in [-0.25, -0.2) is 9.80 Å². The maximum atomic E-state index is 13.3. The van der Waals surface area contributed by atoms with Crippen LogP contribution in [0.2, 0.25) is 0 Å². The molecule has 3 aromatic rings. The average Bonchev–Trinajstić information content (AvgIpc) is 3.03. The molecule has 0 saturated carbocycles. The third-order valence-corrected chi connectivity index (χ3v) is 5.17. The summed E-state index contributed by atoms with van der Waals surface area (Å²) in [5.41, 5.74) is 2.97. The minimum absolute atomic E-state index is 0.112. The molecule has 1 aliphatic heterocycles. The molecule has 1 aliphatic rings. The zero-order valence-corrected chi connectivity index (χ0v) is 16.1. The molecule has 8 heteroatoms. The van der Waals surface area contributed by atoms with E-state index in [1.165, 1.54) is 9.13 Å². The molecule has 0 radical (unpaired) electrons. The number of nitrogens with zero attached hydrogens (tertiary/aromatic N) is 6. The van der Waals surface area contributed by atoms with Gasteiger partial charge < -0.3 is 0 Å². The molecule has 3 heterocycles. The monoisotopic (exact) mass is 366 g/mol. The van der Waals surface area contributed by atoms with E-state index in [1.807, 2.05) is 49.6 Å². The van der Waals surface area contributed by atoms with E-state index in [0.717, 1.165) is 16.8 Å². The molecule has 8 nitrogen and oxygen atoms in total. The standard InChI is InChI=1S/C19H22N6O2/c1-11-7-6-8-14(9-11)10-24-17(26)15-16(22(4)19(24)27)20-18-23(5)21-12(2)13(3)25(15)18/h6-9,13H,10H2,1-5H3/t13-/m0/s1. The van der Waals surface area contributed by atoms with Gasteiger partial charge in [0.1, 0.15) is 0 Å². The summed E-state index contributed by atoms with van der Waals surface area (Å²) in [5.74, 6) is 0.559. The lowest BCUT2D eigenvalue weighted by Crippen LogP contribution is -2.40. The van der Waals surface area contributed by atoms with Crippen LogP contribution in [0.3, 0.4) is 0 Å². The first-order chi connectivity index (χ1) is 12.8. The van der Waals surface area contributed by atoms with Crippen molar-refractivity contribution in [2.75, 3.05) is 12.1 Å². The van der Waals surface area contributed by atoms with E-state index in [-0.39, 0.29) is 23.8 Å². The number of fused-ring (bicyclic) bond motifs is 3. The SMILES string of the molecule is CC1=NN(C)c2nc3c(c(=O)n(Cc4cccc(C)c4)c(=O)n3C)n2[C@H]1C. The van der Waals surface area contributed by atoms with Gasteiger partial charge in [0.2, 0.25) is 5.95 Å². The Morgan fingerprint density at radius 1 is 1.15 bits per heavy atom. The van der Waals surface area contributed by atoms with Crippen LogP contribution in [0.25, 0.3) is 11.2 Å². The third-order valence-electron chi connectivity index (χ3n) is 5.17. The van der Waals surface area contributed by atoms with Crippen molar-refractivity contribution in [3.05, 3.63) is 56.2 Å². The van der Waals surface area contributed by atoms with E-state index in [0.29, 0.717) is 17.1 Å². The maximum absolute atomic E-state index is 13.3. The van der Waals surface area contributed by atoms with Crippen molar-refractivity contribution in [2.24, 2.45) is 12.1 Å². The summed E-state index contributed by atoms with van der Waals surface area (Å²) in [6.45, 7) is 6.11. The summed E-state index contributed by atoms with van der Waals surface area (Å²) >= 11 is 0. The lowest BCUT2D eigenvalue weighted by atomic mass is 10.1. The molecular formula is C19H22N6O2. The fraction of sp³-hybridized carbons (Fsp3) is 0.368. The Morgan fingerprint density at radius 2 is 1.89 bits per heavy atom. The largest absolute Gasteiger partial charge is 0.332 e. The van der Waals surface area contributed by atoms with Crippen LogP contribution in [0.5, 0.6) is 0 Å². The van der Waals surface area contributed by atoms with Gasteiger partial charge in [0.15, 0.2) is 11.2 Å². The van der Waals surface area contributed by atoms with Gasteiger partial charge in [-0.15, -0.1) is 0 Å². The van der Waals surface area contributed by atoms with Crippen molar-refractivity contribution in [1.82, 2.24) is 18.7 Å². The molecule has 0 spiro atoms. The van der Waals surface area contributed by atoms with Crippen LogP contribution in [-0.2, 0) is 13.6 Å². The molecule has 0 bridgehead atoms. The Bertz CT molecular complexity index is 1210. The molecule has 1 aromatic carbocycles. The number of hydrogen-bond donors (Lipinski definition) is 0. The van der Waals surface area contributed by atoms with Gasteiger partial charge in [-0.3, -0.25) is 18.5 Å². The molecule has 140 valence electrons. The highest BCUT2D eigenvalue weighted by Crippen LogP contribution is 2.28. The summed E-state index contributed by atoms with van der Waals surface area (Å²) in [6.07, 6.45) is 0. The van der Waals surface area contributed by atoms with Crippen molar-refractivity contribution < 1.29 is 0 Å². The van der Waals surface area contributed by atoms with Crippen LogP contribution >= 0.6 is 0 Å². The maximum Gasteiger partial charge on any atom is 0.332 e. The summed E-state index contributed by atoms with van der Waals surface area (Å²) in [6, 6.07) is 7.70. The molecule has 27 heavy (non-hydrogen) atoms. The Labute approximate surface area is 156 Å². The number of aryl methyl sites for hydroxylation is 2. The van der Waals surface area contributed by atoms with Crippen LogP contribution in [0.15, 0.2) is 39.0 Å². The first-order valence-corrected chi connectivity index (χ1v) is 8.85. The number of anilines is 1. The van der Waals surface area contributed by atoms with Gasteiger partial charge in [0.25, 0.3) is 5.56 Å². The van der Waals surface area contributed by atoms with Crippen LogP contribution in [-0.4, -0.2) is 31.4 Å². The molecule has 0 fully saturated rings. The predicted octanol–water partition coefficient (Wildman–Crippen LogP) is 1.64. The topological polar surface area (TPSA) is 77.4 Å². The van der Waals surface area contributed by atoms with Gasteiger partial charge in [-0.05, 0) is 26.3 Å². The minimum Gasteiger partial charge on any atom is -0.294 e. The summed E-state index contributed by atoms with van der Waals surface area (Å²) in [7, 11) is 3.44. The lowest BCUT2D eigenvalue weighted by molar-refractivity contribution is 0.637. The number of imidazole rings is 1. The first-order valence-electron chi connectivity index (χ1n) is 8.85. The van der Waals surface area contributed by atoms with Crippen LogP contribution in [0.4, 0.5) is 5.95 Å².